The molecule has 28 heavy (non-hydrogen) atoms. The first-order chi connectivity index (χ1) is 13.0. The number of morpholine rings is 1. The number of aromatic nitrogens is 2. The van der Waals surface area contributed by atoms with Crippen molar-refractivity contribution >= 4 is 29.9 Å². The van der Waals surface area contributed by atoms with Crippen molar-refractivity contribution in [1.29, 1.82) is 0 Å². The van der Waals surface area contributed by atoms with Gasteiger partial charge in [0.2, 0.25) is 0 Å². The van der Waals surface area contributed by atoms with Crippen LogP contribution < -0.4 is 5.32 Å². The fourth-order valence-electron chi connectivity index (χ4n) is 3.41. The normalized spacial score (nSPS) is 20.0. The highest BCUT2D eigenvalue weighted by atomic mass is 127. The SMILES string of the molecule is CN=C(NCCCc1cnn(C)c1)N1CC(C)OC(c2ccc(F)cc2)C1.I. The molecule has 0 saturated carbocycles. The number of hydrogen-bond donors (Lipinski definition) is 1. The Kier molecular flexibility index (Phi) is 8.68. The molecule has 2 heterocycles. The van der Waals surface area contributed by atoms with Gasteiger partial charge in [-0.3, -0.25) is 9.67 Å². The Morgan fingerprint density at radius 3 is 2.71 bits per heavy atom. The average Bonchev–Trinajstić information content (AvgIpc) is 3.07. The molecule has 1 fully saturated rings. The van der Waals surface area contributed by atoms with E-state index in [1.54, 1.807) is 19.2 Å². The van der Waals surface area contributed by atoms with E-state index in [1.165, 1.54) is 17.7 Å². The Labute approximate surface area is 183 Å². The van der Waals surface area contributed by atoms with Crippen LogP contribution in [0.3, 0.4) is 0 Å². The summed E-state index contributed by atoms with van der Waals surface area (Å²) in [4.78, 5) is 6.65. The highest BCUT2D eigenvalue weighted by molar-refractivity contribution is 14.0. The fourth-order valence-corrected chi connectivity index (χ4v) is 3.41. The van der Waals surface area contributed by atoms with Gasteiger partial charge in [-0.1, -0.05) is 12.1 Å². The molecule has 0 amide bonds. The second-order valence-corrected chi connectivity index (χ2v) is 6.99. The van der Waals surface area contributed by atoms with Gasteiger partial charge in [-0.2, -0.15) is 5.10 Å². The number of nitrogens with one attached hydrogen (secondary N) is 1. The maximum atomic E-state index is 13.2. The summed E-state index contributed by atoms with van der Waals surface area (Å²) in [6.45, 7) is 4.37. The van der Waals surface area contributed by atoms with E-state index < -0.39 is 0 Å². The van der Waals surface area contributed by atoms with Crippen LogP contribution >= 0.6 is 24.0 Å². The maximum absolute atomic E-state index is 13.2. The van der Waals surface area contributed by atoms with E-state index in [4.69, 9.17) is 4.74 Å². The summed E-state index contributed by atoms with van der Waals surface area (Å²) in [6.07, 6.45) is 5.92. The number of benzene rings is 1. The van der Waals surface area contributed by atoms with Gasteiger partial charge in [0.1, 0.15) is 11.9 Å². The van der Waals surface area contributed by atoms with Crippen LogP contribution in [-0.4, -0.2) is 53.4 Å². The molecule has 2 atom stereocenters. The van der Waals surface area contributed by atoms with Gasteiger partial charge in [0.05, 0.1) is 18.8 Å². The lowest BCUT2D eigenvalue weighted by molar-refractivity contribution is -0.0605. The zero-order chi connectivity index (χ0) is 19.2. The number of guanidine groups is 1. The van der Waals surface area contributed by atoms with Crippen LogP contribution in [0.1, 0.15) is 30.6 Å². The van der Waals surface area contributed by atoms with Gasteiger partial charge in [0, 0.05) is 33.4 Å². The van der Waals surface area contributed by atoms with Gasteiger partial charge in [-0.15, -0.1) is 24.0 Å². The molecule has 0 spiro atoms. The van der Waals surface area contributed by atoms with Crippen molar-refractivity contribution in [2.75, 3.05) is 26.7 Å². The Hall–Kier alpha value is -1.68. The number of halogens is 2. The highest BCUT2D eigenvalue weighted by Gasteiger charge is 2.28. The molecule has 2 unspecified atom stereocenters. The van der Waals surface area contributed by atoms with Crippen molar-refractivity contribution in [3.8, 4) is 0 Å². The molecule has 3 rings (SSSR count). The molecule has 6 nitrogen and oxygen atoms in total. The molecular weight excluding hydrogens is 472 g/mol. The molecule has 1 aromatic heterocycles. The molecule has 0 bridgehead atoms. The first kappa shape index (κ1) is 22.6. The van der Waals surface area contributed by atoms with Gasteiger partial charge in [-0.05, 0) is 43.0 Å². The van der Waals surface area contributed by atoms with E-state index in [0.717, 1.165) is 37.5 Å². The molecular formula is C20H29FIN5O. The Balaban J connectivity index is 0.00000280. The topological polar surface area (TPSA) is 54.7 Å². The van der Waals surface area contributed by atoms with Crippen molar-refractivity contribution in [2.24, 2.45) is 12.0 Å². The Bertz CT molecular complexity index is 764. The smallest absolute Gasteiger partial charge is 0.193 e. The molecule has 1 aliphatic heterocycles. The van der Waals surface area contributed by atoms with Crippen LogP contribution in [-0.2, 0) is 18.2 Å². The van der Waals surface area contributed by atoms with Gasteiger partial charge in [-0.25, -0.2) is 4.39 Å². The minimum absolute atomic E-state index is 0. The predicted molar refractivity (Wildman–Crippen MR) is 120 cm³/mol. The van der Waals surface area contributed by atoms with Gasteiger partial charge in [0.25, 0.3) is 0 Å². The largest absolute Gasteiger partial charge is 0.367 e. The third-order valence-corrected chi connectivity index (χ3v) is 4.70. The van der Waals surface area contributed by atoms with E-state index in [-0.39, 0.29) is 42.0 Å². The minimum Gasteiger partial charge on any atom is -0.367 e. The summed E-state index contributed by atoms with van der Waals surface area (Å²) in [7, 11) is 3.73. The zero-order valence-corrected chi connectivity index (χ0v) is 19.0. The summed E-state index contributed by atoms with van der Waals surface area (Å²) in [5.41, 5.74) is 2.23. The van der Waals surface area contributed by atoms with Crippen LogP contribution in [0, 0.1) is 5.82 Å². The first-order valence-electron chi connectivity index (χ1n) is 9.39. The second kappa shape index (κ2) is 10.8. The maximum Gasteiger partial charge on any atom is 0.193 e. The number of nitrogens with zero attached hydrogens (tertiary/aromatic N) is 4. The van der Waals surface area contributed by atoms with Gasteiger partial charge < -0.3 is 15.0 Å². The van der Waals surface area contributed by atoms with Crippen LogP contribution in [0.25, 0.3) is 0 Å². The average molecular weight is 501 g/mol. The summed E-state index contributed by atoms with van der Waals surface area (Å²) < 4.78 is 21.1. The fraction of sp³-hybridized carbons (Fsp3) is 0.500. The number of hydrogen-bond acceptors (Lipinski definition) is 3. The van der Waals surface area contributed by atoms with Gasteiger partial charge >= 0.3 is 0 Å². The molecule has 1 aliphatic rings. The zero-order valence-electron chi connectivity index (χ0n) is 16.6. The minimum atomic E-state index is -0.231. The van der Waals surface area contributed by atoms with Crippen molar-refractivity contribution in [3.05, 3.63) is 53.6 Å². The van der Waals surface area contributed by atoms with E-state index in [0.29, 0.717) is 6.54 Å². The monoisotopic (exact) mass is 501 g/mol. The molecule has 154 valence electrons. The number of ether oxygens (including phenoxy) is 1. The Morgan fingerprint density at radius 1 is 1.32 bits per heavy atom. The van der Waals surface area contributed by atoms with Crippen LogP contribution in [0.4, 0.5) is 4.39 Å². The van der Waals surface area contributed by atoms with Crippen molar-refractivity contribution in [3.63, 3.8) is 0 Å². The third kappa shape index (κ3) is 6.16. The van der Waals surface area contributed by atoms with E-state index in [2.05, 4.69) is 27.2 Å². The van der Waals surface area contributed by atoms with Crippen LogP contribution in [0.2, 0.25) is 0 Å². The molecule has 0 radical (unpaired) electrons. The molecule has 0 aliphatic carbocycles. The van der Waals surface area contributed by atoms with E-state index in [1.807, 2.05) is 24.1 Å². The number of aliphatic imine (C=N–C) groups is 1. The van der Waals surface area contributed by atoms with Crippen LogP contribution in [0.15, 0.2) is 41.7 Å². The van der Waals surface area contributed by atoms with Crippen LogP contribution in [0.5, 0.6) is 0 Å². The quantitative estimate of drug-likeness (QED) is 0.296. The number of rotatable bonds is 5. The number of aryl methyl sites for hydroxylation is 2. The Morgan fingerprint density at radius 2 is 2.07 bits per heavy atom. The highest BCUT2D eigenvalue weighted by Crippen LogP contribution is 2.25. The van der Waals surface area contributed by atoms with Crippen molar-refractivity contribution in [1.82, 2.24) is 20.0 Å². The lowest BCUT2D eigenvalue weighted by Crippen LogP contribution is -2.50. The molecule has 1 N–H and O–H groups in total. The van der Waals surface area contributed by atoms with Crippen molar-refractivity contribution < 1.29 is 9.13 Å². The molecule has 1 saturated heterocycles. The molecule has 2 aromatic rings. The van der Waals surface area contributed by atoms with Crippen molar-refractivity contribution in [2.45, 2.75) is 32.0 Å². The van der Waals surface area contributed by atoms with E-state index in [9.17, 15) is 4.39 Å². The first-order valence-corrected chi connectivity index (χ1v) is 9.39. The third-order valence-electron chi connectivity index (χ3n) is 4.70. The summed E-state index contributed by atoms with van der Waals surface area (Å²) in [5, 5.41) is 7.65. The summed E-state index contributed by atoms with van der Waals surface area (Å²) in [5.74, 6) is 0.647. The lowest BCUT2D eigenvalue weighted by atomic mass is 10.1. The summed E-state index contributed by atoms with van der Waals surface area (Å²) >= 11 is 0. The molecule has 8 heteroatoms. The second-order valence-electron chi connectivity index (χ2n) is 6.99. The predicted octanol–water partition coefficient (Wildman–Crippen LogP) is 3.15. The van der Waals surface area contributed by atoms with E-state index >= 15 is 0 Å². The lowest BCUT2D eigenvalue weighted by Gasteiger charge is -2.38. The molecule has 1 aromatic carbocycles. The summed E-state index contributed by atoms with van der Waals surface area (Å²) in [6, 6.07) is 6.54. The van der Waals surface area contributed by atoms with Gasteiger partial charge in [0.15, 0.2) is 5.96 Å². The standard InChI is InChI=1S/C20H28FN5O.HI/c1-15-12-26(14-19(27-15)17-6-8-18(21)9-7-17)20(22-2)23-10-4-5-16-11-24-25(3)13-16;/h6-9,11,13,15,19H,4-5,10,12,14H2,1-3H3,(H,22,23);1H.